The van der Waals surface area contributed by atoms with Crippen LogP contribution in [0.25, 0.3) is 0 Å². The number of carboxylic acids is 1. The third kappa shape index (κ3) is 3.76. The van der Waals surface area contributed by atoms with E-state index in [0.717, 1.165) is 13.0 Å². The van der Waals surface area contributed by atoms with Gasteiger partial charge in [0, 0.05) is 36.3 Å². The van der Waals surface area contributed by atoms with Gasteiger partial charge in [-0.25, -0.2) is 0 Å². The Balaban J connectivity index is 1.77. The second-order valence-corrected chi connectivity index (χ2v) is 8.29. The standard InChI is InChI=1S/C21H29N3O4/c1-14(2)18(25)22-16-7-4-6-15(12-16)19(26)24-11-9-21(20(27)28)8-5-10-23(3)17(21)13-24/h4,6-7,12,14,17H,5,8-11,13H2,1-3H3,(H,22,25)(H,27,28)/t17-,21+/m1/s1. The summed E-state index contributed by atoms with van der Waals surface area (Å²) in [6, 6.07) is 6.75. The quantitative estimate of drug-likeness (QED) is 0.827. The monoisotopic (exact) mass is 387 g/mol. The van der Waals surface area contributed by atoms with E-state index in [1.807, 2.05) is 20.9 Å². The minimum atomic E-state index is -0.767. The molecule has 2 saturated heterocycles. The lowest BCUT2D eigenvalue weighted by atomic mass is 9.68. The molecule has 2 fully saturated rings. The van der Waals surface area contributed by atoms with Gasteiger partial charge in [0.25, 0.3) is 5.91 Å². The van der Waals surface area contributed by atoms with Crippen LogP contribution in [0.5, 0.6) is 0 Å². The van der Waals surface area contributed by atoms with Gasteiger partial charge in [-0.1, -0.05) is 19.9 Å². The van der Waals surface area contributed by atoms with Crippen LogP contribution < -0.4 is 5.32 Å². The molecule has 7 heteroatoms. The fourth-order valence-corrected chi connectivity index (χ4v) is 4.37. The van der Waals surface area contributed by atoms with Crippen LogP contribution in [0.2, 0.25) is 0 Å². The number of hydrogen-bond donors (Lipinski definition) is 2. The molecule has 3 rings (SSSR count). The molecule has 0 radical (unpaired) electrons. The Kier molecular flexibility index (Phi) is 5.74. The number of fused-ring (bicyclic) bond motifs is 1. The zero-order valence-electron chi connectivity index (χ0n) is 16.8. The van der Waals surface area contributed by atoms with Crippen LogP contribution in [0.3, 0.4) is 0 Å². The molecule has 1 aromatic rings. The molecule has 0 spiro atoms. The average molecular weight is 387 g/mol. The largest absolute Gasteiger partial charge is 0.481 e. The Morgan fingerprint density at radius 1 is 1.21 bits per heavy atom. The molecular weight excluding hydrogens is 358 g/mol. The molecule has 2 atom stereocenters. The molecule has 1 aromatic carbocycles. The van der Waals surface area contributed by atoms with Crippen molar-refractivity contribution in [2.75, 3.05) is 32.0 Å². The van der Waals surface area contributed by atoms with Crippen LogP contribution in [-0.4, -0.2) is 65.4 Å². The van der Waals surface area contributed by atoms with Crippen molar-refractivity contribution >= 4 is 23.5 Å². The molecule has 2 aliphatic heterocycles. The van der Waals surface area contributed by atoms with Crippen LogP contribution >= 0.6 is 0 Å². The van der Waals surface area contributed by atoms with Crippen molar-refractivity contribution in [3.63, 3.8) is 0 Å². The van der Waals surface area contributed by atoms with Crippen LogP contribution in [0.4, 0.5) is 5.69 Å². The van der Waals surface area contributed by atoms with Crippen LogP contribution in [0.15, 0.2) is 24.3 Å². The summed E-state index contributed by atoms with van der Waals surface area (Å²) < 4.78 is 0. The van der Waals surface area contributed by atoms with Gasteiger partial charge in [-0.05, 0) is 51.1 Å². The summed E-state index contributed by atoms with van der Waals surface area (Å²) in [5, 5.41) is 12.7. The molecule has 152 valence electrons. The van der Waals surface area contributed by atoms with Crippen LogP contribution in [0.1, 0.15) is 43.5 Å². The lowest BCUT2D eigenvalue weighted by molar-refractivity contribution is -0.161. The highest BCUT2D eigenvalue weighted by Crippen LogP contribution is 2.42. The number of hydrogen-bond acceptors (Lipinski definition) is 4. The van der Waals surface area contributed by atoms with Crippen molar-refractivity contribution in [1.82, 2.24) is 9.80 Å². The van der Waals surface area contributed by atoms with E-state index in [9.17, 15) is 19.5 Å². The Morgan fingerprint density at radius 2 is 1.96 bits per heavy atom. The number of aliphatic carboxylic acids is 1. The topological polar surface area (TPSA) is 90.0 Å². The molecule has 0 bridgehead atoms. The molecule has 2 heterocycles. The number of carbonyl (C=O) groups is 3. The molecule has 0 aliphatic carbocycles. The first-order chi connectivity index (χ1) is 13.2. The van der Waals surface area contributed by atoms with Gasteiger partial charge in [-0.3, -0.25) is 14.4 Å². The zero-order valence-corrected chi connectivity index (χ0v) is 16.8. The summed E-state index contributed by atoms with van der Waals surface area (Å²) in [6.45, 7) is 5.31. The summed E-state index contributed by atoms with van der Waals surface area (Å²) in [5.41, 5.74) is 0.329. The molecule has 0 unspecified atom stereocenters. The van der Waals surface area contributed by atoms with E-state index in [0.29, 0.717) is 37.2 Å². The average Bonchev–Trinajstić information content (AvgIpc) is 2.67. The lowest BCUT2D eigenvalue weighted by Gasteiger charge is -2.51. The fourth-order valence-electron chi connectivity index (χ4n) is 4.37. The first kappa shape index (κ1) is 20.3. The Morgan fingerprint density at radius 3 is 2.64 bits per heavy atom. The molecule has 2 aliphatic rings. The van der Waals surface area contributed by atoms with Crippen molar-refractivity contribution in [3.8, 4) is 0 Å². The summed E-state index contributed by atoms with van der Waals surface area (Å²) in [6.07, 6.45) is 1.99. The third-order valence-electron chi connectivity index (χ3n) is 6.14. The van der Waals surface area contributed by atoms with Crippen molar-refractivity contribution in [2.24, 2.45) is 11.3 Å². The number of likely N-dealkylation sites (tertiary alicyclic amines) is 2. The molecule has 0 aromatic heterocycles. The van der Waals surface area contributed by atoms with Gasteiger partial charge >= 0.3 is 5.97 Å². The van der Waals surface area contributed by atoms with Gasteiger partial charge in [0.1, 0.15) is 0 Å². The fraction of sp³-hybridized carbons (Fsp3) is 0.571. The Bertz CT molecular complexity index is 779. The Hall–Kier alpha value is -2.41. The minimum absolute atomic E-state index is 0.0994. The molecule has 28 heavy (non-hydrogen) atoms. The maximum absolute atomic E-state index is 13.1. The third-order valence-corrected chi connectivity index (χ3v) is 6.14. The van der Waals surface area contributed by atoms with Crippen molar-refractivity contribution in [3.05, 3.63) is 29.8 Å². The van der Waals surface area contributed by atoms with Gasteiger partial charge in [-0.15, -0.1) is 0 Å². The summed E-state index contributed by atoms with van der Waals surface area (Å²) in [7, 11) is 1.94. The Labute approximate surface area is 165 Å². The predicted molar refractivity (Wildman–Crippen MR) is 106 cm³/mol. The van der Waals surface area contributed by atoms with E-state index in [1.54, 1.807) is 29.2 Å². The highest BCUT2D eigenvalue weighted by molar-refractivity contribution is 5.97. The number of nitrogens with one attached hydrogen (secondary N) is 1. The molecule has 2 N–H and O–H groups in total. The van der Waals surface area contributed by atoms with Gasteiger partial charge in [0.2, 0.25) is 5.91 Å². The number of carboxylic acid groups (broad SMARTS) is 1. The van der Waals surface area contributed by atoms with Crippen molar-refractivity contribution in [1.29, 1.82) is 0 Å². The highest BCUT2D eigenvalue weighted by atomic mass is 16.4. The maximum atomic E-state index is 13.1. The normalized spacial score (nSPS) is 25.3. The number of benzene rings is 1. The number of nitrogens with zero attached hydrogens (tertiary/aromatic N) is 2. The van der Waals surface area contributed by atoms with E-state index >= 15 is 0 Å². The predicted octanol–water partition coefficient (Wildman–Crippen LogP) is 2.29. The van der Waals surface area contributed by atoms with Crippen molar-refractivity contribution in [2.45, 2.75) is 39.2 Å². The smallest absolute Gasteiger partial charge is 0.311 e. The number of carbonyl (C=O) groups excluding carboxylic acids is 2. The van der Waals surface area contributed by atoms with Crippen molar-refractivity contribution < 1.29 is 19.5 Å². The summed E-state index contributed by atoms with van der Waals surface area (Å²) >= 11 is 0. The number of amides is 2. The van der Waals surface area contributed by atoms with E-state index < -0.39 is 11.4 Å². The van der Waals surface area contributed by atoms with Gasteiger partial charge < -0.3 is 20.2 Å². The SMILES string of the molecule is CC(C)C(=O)Nc1cccc(C(=O)N2CC[C@@]3(C(=O)O)CCCN(C)[C@@H]3C2)c1. The molecule has 7 nitrogen and oxygen atoms in total. The first-order valence-electron chi connectivity index (χ1n) is 9.88. The number of anilines is 1. The lowest BCUT2D eigenvalue weighted by Crippen LogP contribution is -2.63. The van der Waals surface area contributed by atoms with E-state index in [2.05, 4.69) is 10.2 Å². The van der Waals surface area contributed by atoms with Gasteiger partial charge in [-0.2, -0.15) is 0 Å². The number of likely N-dealkylation sites (N-methyl/N-ethyl adjacent to an activating group) is 1. The first-order valence-corrected chi connectivity index (χ1v) is 9.88. The highest BCUT2D eigenvalue weighted by Gasteiger charge is 2.52. The second-order valence-electron chi connectivity index (χ2n) is 8.29. The molecule has 2 amide bonds. The molecular formula is C21H29N3O4. The summed E-state index contributed by atoms with van der Waals surface area (Å²) in [5.74, 6) is -1.13. The van der Waals surface area contributed by atoms with Crippen LogP contribution in [-0.2, 0) is 9.59 Å². The van der Waals surface area contributed by atoms with Gasteiger partial charge in [0.15, 0.2) is 0 Å². The number of rotatable bonds is 4. The molecule has 0 saturated carbocycles. The minimum Gasteiger partial charge on any atom is -0.481 e. The summed E-state index contributed by atoms with van der Waals surface area (Å²) in [4.78, 5) is 40.9. The van der Waals surface area contributed by atoms with Gasteiger partial charge in [0.05, 0.1) is 5.41 Å². The van der Waals surface area contributed by atoms with E-state index in [4.69, 9.17) is 0 Å². The zero-order chi connectivity index (χ0) is 20.5. The van der Waals surface area contributed by atoms with E-state index in [1.165, 1.54) is 0 Å². The number of piperidine rings is 2. The van der Waals surface area contributed by atoms with Crippen LogP contribution in [0, 0.1) is 11.3 Å². The van der Waals surface area contributed by atoms with E-state index in [-0.39, 0.29) is 23.8 Å². The second kappa shape index (κ2) is 7.91. The maximum Gasteiger partial charge on any atom is 0.311 e.